The molecule has 1 saturated heterocycles. The summed E-state index contributed by atoms with van der Waals surface area (Å²) in [6.45, 7) is 6.74. The van der Waals surface area contributed by atoms with Crippen molar-refractivity contribution < 1.29 is 14.4 Å². The van der Waals surface area contributed by atoms with Crippen LogP contribution in [0, 0.1) is 13.8 Å². The fourth-order valence-electron chi connectivity index (χ4n) is 3.55. The molecule has 1 aliphatic rings. The lowest BCUT2D eigenvalue weighted by molar-refractivity contribution is 0.210. The molecule has 1 aliphatic heterocycles. The van der Waals surface area contributed by atoms with Crippen LogP contribution in [0.25, 0.3) is 0 Å². The number of aromatic nitrogens is 1. The average Bonchev–Trinajstić information content (AvgIpc) is 3.19. The Labute approximate surface area is 149 Å². The third-order valence-electron chi connectivity index (χ3n) is 5.07. The molecule has 136 valence electrons. The van der Waals surface area contributed by atoms with Crippen LogP contribution in [0.4, 0.5) is 0 Å². The summed E-state index contributed by atoms with van der Waals surface area (Å²) < 4.78 is 11.0. The molecule has 1 atom stereocenters. The topological polar surface area (TPSA) is 58.7 Å². The molecule has 1 aromatic heterocycles. The van der Waals surface area contributed by atoms with Gasteiger partial charge in [0.2, 0.25) is 0 Å². The van der Waals surface area contributed by atoms with Crippen LogP contribution in [0.15, 0.2) is 28.8 Å². The number of aliphatic hydroxyl groups excluding tert-OH is 1. The maximum atomic E-state index is 9.04. The summed E-state index contributed by atoms with van der Waals surface area (Å²) in [5.41, 5.74) is 3.21. The molecular formula is C20H28N2O3. The van der Waals surface area contributed by atoms with Crippen molar-refractivity contribution in [3.05, 3.63) is 46.8 Å². The zero-order chi connectivity index (χ0) is 17.6. The van der Waals surface area contributed by atoms with Gasteiger partial charge >= 0.3 is 0 Å². The Kier molecular flexibility index (Phi) is 6.10. The normalized spacial score (nSPS) is 18.0. The molecule has 0 saturated carbocycles. The summed E-state index contributed by atoms with van der Waals surface area (Å²) >= 11 is 0. The molecule has 2 heterocycles. The number of ether oxygens (including phenoxy) is 1. The molecule has 5 heteroatoms. The smallest absolute Gasteiger partial charge is 0.140 e. The largest absolute Gasteiger partial charge is 0.489 e. The number of likely N-dealkylation sites (tertiary alicyclic amines) is 1. The predicted octanol–water partition coefficient (Wildman–Crippen LogP) is 3.61. The second kappa shape index (κ2) is 8.50. The van der Waals surface area contributed by atoms with Crippen LogP contribution in [0.1, 0.15) is 48.3 Å². The van der Waals surface area contributed by atoms with Crippen molar-refractivity contribution in [3.63, 3.8) is 0 Å². The number of aliphatic hydroxyl groups is 1. The zero-order valence-electron chi connectivity index (χ0n) is 15.2. The number of rotatable bonds is 8. The summed E-state index contributed by atoms with van der Waals surface area (Å²) in [6, 6.07) is 8.97. The minimum atomic E-state index is 0.293. The molecule has 0 aliphatic carbocycles. The number of nitrogens with zero attached hydrogens (tertiary/aromatic N) is 2. The molecule has 0 bridgehead atoms. The second-order valence-corrected chi connectivity index (χ2v) is 6.87. The van der Waals surface area contributed by atoms with Crippen molar-refractivity contribution in [2.75, 3.05) is 13.2 Å². The number of aryl methyl sites for hydroxylation is 2. The van der Waals surface area contributed by atoms with Crippen molar-refractivity contribution in [2.45, 2.75) is 58.7 Å². The first kappa shape index (κ1) is 18.0. The fourth-order valence-corrected chi connectivity index (χ4v) is 3.55. The molecule has 0 spiro atoms. The van der Waals surface area contributed by atoms with Crippen LogP contribution in [-0.4, -0.2) is 34.4 Å². The van der Waals surface area contributed by atoms with Gasteiger partial charge in [-0.25, -0.2) is 0 Å². The molecule has 0 radical (unpaired) electrons. The lowest BCUT2D eigenvalue weighted by atomic mass is 10.1. The van der Waals surface area contributed by atoms with E-state index >= 15 is 0 Å². The van der Waals surface area contributed by atoms with Crippen LogP contribution in [0.3, 0.4) is 0 Å². The number of benzene rings is 1. The summed E-state index contributed by atoms with van der Waals surface area (Å²) in [6.07, 6.45) is 4.50. The van der Waals surface area contributed by atoms with Gasteiger partial charge in [-0.2, -0.15) is 0 Å². The van der Waals surface area contributed by atoms with Crippen molar-refractivity contribution in [1.82, 2.24) is 10.1 Å². The molecule has 25 heavy (non-hydrogen) atoms. The number of hydrogen-bond acceptors (Lipinski definition) is 5. The molecule has 5 nitrogen and oxygen atoms in total. The summed E-state index contributed by atoms with van der Waals surface area (Å²) in [7, 11) is 0. The molecule has 1 unspecified atom stereocenters. The van der Waals surface area contributed by atoms with Crippen LogP contribution < -0.4 is 4.74 Å². The highest BCUT2D eigenvalue weighted by Crippen LogP contribution is 2.24. The number of hydrogen-bond donors (Lipinski definition) is 1. The highest BCUT2D eigenvalue weighted by molar-refractivity contribution is 5.28. The van der Waals surface area contributed by atoms with Gasteiger partial charge in [-0.3, -0.25) is 4.90 Å². The predicted molar refractivity (Wildman–Crippen MR) is 96.5 cm³/mol. The first-order valence-electron chi connectivity index (χ1n) is 9.15. The summed E-state index contributed by atoms with van der Waals surface area (Å²) in [5.74, 6) is 1.68. The Morgan fingerprint density at radius 1 is 1.28 bits per heavy atom. The van der Waals surface area contributed by atoms with Gasteiger partial charge in [0.15, 0.2) is 0 Å². The van der Waals surface area contributed by atoms with Crippen LogP contribution >= 0.6 is 0 Å². The van der Waals surface area contributed by atoms with Gasteiger partial charge in [-0.15, -0.1) is 0 Å². The monoisotopic (exact) mass is 344 g/mol. The van der Waals surface area contributed by atoms with Gasteiger partial charge in [0.25, 0.3) is 0 Å². The van der Waals surface area contributed by atoms with Gasteiger partial charge in [-0.1, -0.05) is 17.3 Å². The van der Waals surface area contributed by atoms with E-state index in [0.29, 0.717) is 19.3 Å². The van der Waals surface area contributed by atoms with E-state index in [1.165, 1.54) is 18.4 Å². The standard InChI is InChI=1S/C20H28N2O3/c1-15-20(16(2)25-21-15)14-24-19-9-7-17(8-10-19)13-22-11-3-5-18(22)6-4-12-23/h7-10,18,23H,3-6,11-14H2,1-2H3. The van der Waals surface area contributed by atoms with Crippen LogP contribution in [-0.2, 0) is 13.2 Å². The fraction of sp³-hybridized carbons (Fsp3) is 0.550. The summed E-state index contributed by atoms with van der Waals surface area (Å²) in [5, 5.41) is 13.0. The van der Waals surface area contributed by atoms with Crippen molar-refractivity contribution in [3.8, 4) is 5.75 Å². The highest BCUT2D eigenvalue weighted by atomic mass is 16.5. The summed E-state index contributed by atoms with van der Waals surface area (Å²) in [4.78, 5) is 2.54. The first-order valence-corrected chi connectivity index (χ1v) is 9.15. The van der Waals surface area contributed by atoms with E-state index in [4.69, 9.17) is 14.4 Å². The van der Waals surface area contributed by atoms with E-state index < -0.39 is 0 Å². The minimum Gasteiger partial charge on any atom is -0.489 e. The zero-order valence-corrected chi connectivity index (χ0v) is 15.2. The highest BCUT2D eigenvalue weighted by Gasteiger charge is 2.23. The van der Waals surface area contributed by atoms with Gasteiger partial charge in [0.1, 0.15) is 18.1 Å². The molecule has 2 aromatic rings. The molecule has 1 aromatic carbocycles. The third kappa shape index (κ3) is 4.61. The van der Waals surface area contributed by atoms with E-state index in [1.54, 1.807) is 0 Å². The van der Waals surface area contributed by atoms with Crippen molar-refractivity contribution in [1.29, 1.82) is 0 Å². The van der Waals surface area contributed by atoms with Crippen LogP contribution in [0.5, 0.6) is 5.75 Å². The van der Waals surface area contributed by atoms with E-state index in [-0.39, 0.29) is 0 Å². The molecule has 1 fully saturated rings. The molecular weight excluding hydrogens is 316 g/mol. The van der Waals surface area contributed by atoms with Crippen molar-refractivity contribution >= 4 is 0 Å². The Balaban J connectivity index is 1.53. The van der Waals surface area contributed by atoms with Crippen molar-refractivity contribution in [2.24, 2.45) is 0 Å². The van der Waals surface area contributed by atoms with Gasteiger partial charge < -0.3 is 14.4 Å². The van der Waals surface area contributed by atoms with Gasteiger partial charge in [0.05, 0.1) is 11.3 Å². The third-order valence-corrected chi connectivity index (χ3v) is 5.07. The minimum absolute atomic E-state index is 0.293. The van der Waals surface area contributed by atoms with Gasteiger partial charge in [0, 0.05) is 19.2 Å². The Bertz CT molecular complexity index is 647. The first-order chi connectivity index (χ1) is 12.2. The maximum absolute atomic E-state index is 9.04. The van der Waals surface area contributed by atoms with E-state index in [1.807, 2.05) is 26.0 Å². The quantitative estimate of drug-likeness (QED) is 0.793. The lowest BCUT2D eigenvalue weighted by Gasteiger charge is -2.24. The molecule has 0 amide bonds. The lowest BCUT2D eigenvalue weighted by Crippen LogP contribution is -2.29. The Morgan fingerprint density at radius 2 is 2.08 bits per heavy atom. The van der Waals surface area contributed by atoms with E-state index in [0.717, 1.165) is 48.7 Å². The van der Waals surface area contributed by atoms with E-state index in [2.05, 4.69) is 22.2 Å². The maximum Gasteiger partial charge on any atom is 0.140 e. The SMILES string of the molecule is Cc1noc(C)c1COc1ccc(CN2CCCC2CCCO)cc1. The average molecular weight is 344 g/mol. The van der Waals surface area contributed by atoms with Gasteiger partial charge in [-0.05, 0) is 63.8 Å². The molecule has 3 rings (SSSR count). The van der Waals surface area contributed by atoms with E-state index in [9.17, 15) is 0 Å². The van der Waals surface area contributed by atoms with Crippen LogP contribution in [0.2, 0.25) is 0 Å². The molecule has 1 N–H and O–H groups in total. The second-order valence-electron chi connectivity index (χ2n) is 6.87. The Hall–Kier alpha value is -1.85. The Morgan fingerprint density at radius 3 is 2.76 bits per heavy atom.